The average Bonchev–Trinajstić information content (AvgIpc) is 2.73. The topological polar surface area (TPSA) is 96.9 Å². The van der Waals surface area contributed by atoms with Crippen LogP contribution in [0.15, 0.2) is 73.2 Å². The van der Waals surface area contributed by atoms with Crippen LogP contribution in [0.3, 0.4) is 0 Å². The smallest absolute Gasteiger partial charge is 0.257 e. The molecule has 2 heterocycles. The lowest BCUT2D eigenvalue weighted by Gasteiger charge is -2.09. The number of benzene rings is 2. The van der Waals surface area contributed by atoms with Crippen LogP contribution in [0.4, 0.5) is 11.5 Å². The summed E-state index contributed by atoms with van der Waals surface area (Å²) in [5.74, 6) is -0.00509. The van der Waals surface area contributed by atoms with Gasteiger partial charge in [0.2, 0.25) is 5.91 Å². The molecule has 142 valence electrons. The van der Waals surface area contributed by atoms with Crippen LogP contribution in [-0.4, -0.2) is 26.8 Å². The minimum atomic E-state index is -0.269. The highest BCUT2D eigenvalue weighted by Gasteiger charge is 2.12. The molecular formula is C22H17N5O2. The summed E-state index contributed by atoms with van der Waals surface area (Å²) >= 11 is 0. The molecule has 2 aromatic carbocycles. The van der Waals surface area contributed by atoms with Gasteiger partial charge in [-0.2, -0.15) is 0 Å². The molecule has 7 heteroatoms. The molecule has 2 N–H and O–H groups in total. The number of nitrogens with one attached hydrogen (secondary N) is 2. The van der Waals surface area contributed by atoms with Gasteiger partial charge in [-0.1, -0.05) is 30.3 Å². The number of carbonyl (C=O) groups is 2. The molecule has 2 amide bonds. The Morgan fingerprint density at radius 1 is 0.862 bits per heavy atom. The molecule has 0 radical (unpaired) electrons. The maximum atomic E-state index is 12.8. The van der Waals surface area contributed by atoms with Gasteiger partial charge < -0.3 is 10.6 Å². The largest absolute Gasteiger partial charge is 0.326 e. The van der Waals surface area contributed by atoms with Crippen LogP contribution in [0.1, 0.15) is 17.3 Å². The molecule has 2 aromatic heterocycles. The van der Waals surface area contributed by atoms with E-state index in [1.807, 2.05) is 36.4 Å². The Kier molecular flexibility index (Phi) is 4.94. The van der Waals surface area contributed by atoms with Crippen LogP contribution in [-0.2, 0) is 4.79 Å². The van der Waals surface area contributed by atoms with Crippen molar-refractivity contribution in [1.82, 2.24) is 15.0 Å². The molecule has 0 fully saturated rings. The SMILES string of the molecule is CC(=O)Nc1ccc(-c2cc(NC(=O)c3ccnc4ccccc34)ncn2)cc1. The summed E-state index contributed by atoms with van der Waals surface area (Å²) < 4.78 is 0. The zero-order valence-corrected chi connectivity index (χ0v) is 15.6. The number of nitrogens with zero attached hydrogens (tertiary/aromatic N) is 3. The Hall–Kier alpha value is -4.13. The van der Waals surface area contributed by atoms with Gasteiger partial charge in [-0.3, -0.25) is 14.6 Å². The summed E-state index contributed by atoms with van der Waals surface area (Å²) in [6.45, 7) is 1.46. The first-order chi connectivity index (χ1) is 14.1. The van der Waals surface area contributed by atoms with Gasteiger partial charge in [0.25, 0.3) is 5.91 Å². The van der Waals surface area contributed by atoms with E-state index in [1.165, 1.54) is 13.3 Å². The molecule has 0 unspecified atom stereocenters. The van der Waals surface area contributed by atoms with Crippen molar-refractivity contribution in [2.75, 3.05) is 10.6 Å². The lowest BCUT2D eigenvalue weighted by Crippen LogP contribution is -2.13. The molecule has 0 saturated carbocycles. The maximum absolute atomic E-state index is 12.8. The molecule has 0 saturated heterocycles. The highest BCUT2D eigenvalue weighted by Crippen LogP contribution is 2.22. The summed E-state index contributed by atoms with van der Waals surface area (Å²) in [7, 11) is 0. The van der Waals surface area contributed by atoms with Crippen molar-refractivity contribution >= 4 is 34.2 Å². The fraction of sp³-hybridized carbons (Fsp3) is 0.0455. The minimum absolute atomic E-state index is 0.131. The molecule has 0 aliphatic carbocycles. The number of carbonyl (C=O) groups excluding carboxylic acids is 2. The maximum Gasteiger partial charge on any atom is 0.257 e. The van der Waals surface area contributed by atoms with Gasteiger partial charge >= 0.3 is 0 Å². The van der Waals surface area contributed by atoms with Gasteiger partial charge in [0.05, 0.1) is 16.8 Å². The molecule has 0 aliphatic heterocycles. The molecule has 0 bridgehead atoms. The van der Waals surface area contributed by atoms with Crippen LogP contribution in [0.25, 0.3) is 22.2 Å². The highest BCUT2D eigenvalue weighted by atomic mass is 16.2. The van der Waals surface area contributed by atoms with Crippen molar-refractivity contribution in [3.63, 3.8) is 0 Å². The number of hydrogen-bond donors (Lipinski definition) is 2. The van der Waals surface area contributed by atoms with E-state index < -0.39 is 0 Å². The van der Waals surface area contributed by atoms with Crippen LogP contribution in [0.5, 0.6) is 0 Å². The van der Waals surface area contributed by atoms with Crippen LogP contribution < -0.4 is 10.6 Å². The fourth-order valence-corrected chi connectivity index (χ4v) is 2.99. The van der Waals surface area contributed by atoms with Gasteiger partial charge in [-0.05, 0) is 24.3 Å². The number of amides is 2. The zero-order valence-electron chi connectivity index (χ0n) is 15.6. The first-order valence-electron chi connectivity index (χ1n) is 8.95. The second-order valence-corrected chi connectivity index (χ2v) is 6.38. The Balaban J connectivity index is 1.57. The van der Waals surface area contributed by atoms with Gasteiger partial charge in [-0.25, -0.2) is 9.97 Å². The first-order valence-corrected chi connectivity index (χ1v) is 8.95. The number of hydrogen-bond acceptors (Lipinski definition) is 5. The number of para-hydroxylation sites is 1. The van der Waals surface area contributed by atoms with Gasteiger partial charge in [-0.15, -0.1) is 0 Å². The predicted octanol–water partition coefficient (Wildman–Crippen LogP) is 3.90. The Morgan fingerprint density at radius 2 is 1.66 bits per heavy atom. The second-order valence-electron chi connectivity index (χ2n) is 6.38. The second kappa shape index (κ2) is 7.85. The Morgan fingerprint density at radius 3 is 2.45 bits per heavy atom. The summed E-state index contributed by atoms with van der Waals surface area (Å²) in [4.78, 5) is 36.6. The molecule has 7 nitrogen and oxygen atoms in total. The molecule has 0 atom stereocenters. The van der Waals surface area contributed by atoms with Crippen molar-refractivity contribution in [1.29, 1.82) is 0 Å². The minimum Gasteiger partial charge on any atom is -0.326 e. The van der Waals surface area contributed by atoms with Crippen molar-refractivity contribution in [2.45, 2.75) is 6.92 Å². The summed E-state index contributed by atoms with van der Waals surface area (Å²) in [6.07, 6.45) is 3.01. The zero-order chi connectivity index (χ0) is 20.2. The fourth-order valence-electron chi connectivity index (χ4n) is 2.99. The van der Waals surface area contributed by atoms with Crippen molar-refractivity contribution in [2.24, 2.45) is 0 Å². The molecule has 0 spiro atoms. The van der Waals surface area contributed by atoms with Crippen LogP contribution in [0.2, 0.25) is 0 Å². The van der Waals surface area contributed by atoms with E-state index >= 15 is 0 Å². The van der Waals surface area contributed by atoms with E-state index in [0.29, 0.717) is 22.8 Å². The van der Waals surface area contributed by atoms with Crippen molar-refractivity contribution < 1.29 is 9.59 Å². The molecule has 4 rings (SSSR count). The number of pyridine rings is 1. The lowest BCUT2D eigenvalue weighted by atomic mass is 10.1. The van der Waals surface area contributed by atoms with Gasteiger partial charge in [0.15, 0.2) is 0 Å². The molecular weight excluding hydrogens is 366 g/mol. The van der Waals surface area contributed by atoms with Gasteiger partial charge in [0, 0.05) is 35.8 Å². The first kappa shape index (κ1) is 18.2. The van der Waals surface area contributed by atoms with Gasteiger partial charge in [0.1, 0.15) is 12.1 Å². The third-order valence-corrected chi connectivity index (χ3v) is 4.30. The summed E-state index contributed by atoms with van der Waals surface area (Å²) in [5.41, 5.74) is 3.47. The van der Waals surface area contributed by atoms with E-state index in [2.05, 4.69) is 25.6 Å². The predicted molar refractivity (Wildman–Crippen MR) is 111 cm³/mol. The lowest BCUT2D eigenvalue weighted by molar-refractivity contribution is -0.114. The highest BCUT2D eigenvalue weighted by molar-refractivity contribution is 6.12. The molecule has 0 aliphatic rings. The average molecular weight is 383 g/mol. The number of fused-ring (bicyclic) bond motifs is 1. The third kappa shape index (κ3) is 4.08. The Bertz CT molecular complexity index is 1200. The standard InChI is InChI=1S/C22H17N5O2/c1-14(28)26-16-8-6-15(7-9-16)20-12-21(25-13-24-20)27-22(29)18-10-11-23-19-5-3-2-4-17(18)19/h2-13H,1H3,(H,26,28)(H,24,25,27,29). The molecule has 4 aromatic rings. The van der Waals surface area contributed by atoms with E-state index in [-0.39, 0.29) is 11.8 Å². The van der Waals surface area contributed by atoms with Crippen molar-refractivity contribution in [3.05, 3.63) is 78.8 Å². The monoisotopic (exact) mass is 383 g/mol. The molecule has 29 heavy (non-hydrogen) atoms. The van der Waals surface area contributed by atoms with Crippen LogP contribution in [0, 0.1) is 0 Å². The number of aromatic nitrogens is 3. The van der Waals surface area contributed by atoms with E-state index in [4.69, 9.17) is 0 Å². The van der Waals surface area contributed by atoms with E-state index in [9.17, 15) is 9.59 Å². The van der Waals surface area contributed by atoms with E-state index in [0.717, 1.165) is 16.5 Å². The van der Waals surface area contributed by atoms with E-state index in [1.54, 1.807) is 30.5 Å². The summed E-state index contributed by atoms with van der Waals surface area (Å²) in [5, 5.41) is 6.32. The number of anilines is 2. The van der Waals surface area contributed by atoms with Crippen molar-refractivity contribution in [3.8, 4) is 11.3 Å². The quantitative estimate of drug-likeness (QED) is 0.557. The van der Waals surface area contributed by atoms with Crippen LogP contribution >= 0.6 is 0 Å². The summed E-state index contributed by atoms with van der Waals surface area (Å²) in [6, 6.07) is 18.1. The Labute approximate surface area is 166 Å². The number of rotatable bonds is 4. The normalized spacial score (nSPS) is 10.5. The third-order valence-electron chi connectivity index (χ3n) is 4.30.